The normalized spacial score (nSPS) is 13.9. The monoisotopic (exact) mass is 373 g/mol. The third-order valence-electron chi connectivity index (χ3n) is 4.52. The predicted molar refractivity (Wildman–Crippen MR) is 100 cm³/mol. The number of piperazine rings is 1. The molecule has 1 aromatic rings. The summed E-state index contributed by atoms with van der Waals surface area (Å²) in [7, 11) is 1.58. The molecule has 0 aromatic heterocycles. The van der Waals surface area contributed by atoms with E-state index in [1.807, 2.05) is 11.0 Å². The van der Waals surface area contributed by atoms with Crippen LogP contribution in [0.3, 0.4) is 0 Å². The first-order valence-corrected chi connectivity index (χ1v) is 9.31. The first kappa shape index (κ1) is 20.7. The topological polar surface area (TPSA) is 82.9 Å². The molecule has 1 saturated heterocycles. The molecule has 0 N–H and O–H groups in total. The van der Waals surface area contributed by atoms with Gasteiger partial charge in [-0.05, 0) is 31.0 Å². The number of carbonyl (C=O) groups excluding carboxylic acids is 2. The molecule has 1 heterocycles. The minimum Gasteiger partial charge on any atom is -0.494 e. The van der Waals surface area contributed by atoms with Crippen molar-refractivity contribution in [2.45, 2.75) is 25.7 Å². The van der Waals surface area contributed by atoms with Gasteiger partial charge in [0.25, 0.3) is 0 Å². The highest BCUT2D eigenvalue weighted by Gasteiger charge is 2.23. The van der Waals surface area contributed by atoms with E-state index < -0.39 is 0 Å². The van der Waals surface area contributed by atoms with Crippen molar-refractivity contribution in [1.29, 1.82) is 5.26 Å². The maximum absolute atomic E-state index is 12.3. The van der Waals surface area contributed by atoms with Gasteiger partial charge in [0.05, 0.1) is 31.3 Å². The number of carbonyl (C=O) groups is 2. The van der Waals surface area contributed by atoms with Gasteiger partial charge in [0, 0.05) is 39.7 Å². The highest BCUT2D eigenvalue weighted by Crippen LogP contribution is 2.13. The van der Waals surface area contributed by atoms with Crippen LogP contribution in [0.1, 0.15) is 31.2 Å². The summed E-state index contributed by atoms with van der Waals surface area (Å²) in [6, 6.07) is 9.13. The van der Waals surface area contributed by atoms with E-state index in [0.717, 1.165) is 12.8 Å². The van der Waals surface area contributed by atoms with Crippen LogP contribution in [0.2, 0.25) is 0 Å². The van der Waals surface area contributed by atoms with Gasteiger partial charge < -0.3 is 19.3 Å². The average Bonchev–Trinajstić information content (AvgIpc) is 2.71. The molecule has 7 heteroatoms. The molecule has 1 aliphatic rings. The van der Waals surface area contributed by atoms with Crippen molar-refractivity contribution in [3.05, 3.63) is 29.8 Å². The van der Waals surface area contributed by atoms with E-state index in [0.29, 0.717) is 63.5 Å². The lowest BCUT2D eigenvalue weighted by molar-refractivity contribution is -0.140. The summed E-state index contributed by atoms with van der Waals surface area (Å²) in [5.74, 6) is 0.890. The second-order valence-electron chi connectivity index (χ2n) is 6.45. The maximum Gasteiger partial charge on any atom is 0.225 e. The van der Waals surface area contributed by atoms with E-state index in [1.54, 1.807) is 30.2 Å². The molecule has 0 radical (unpaired) electrons. The molecular weight excluding hydrogens is 346 g/mol. The zero-order valence-electron chi connectivity index (χ0n) is 15.9. The summed E-state index contributed by atoms with van der Waals surface area (Å²) in [6.45, 7) is 3.31. The highest BCUT2D eigenvalue weighted by atomic mass is 16.5. The fourth-order valence-corrected chi connectivity index (χ4v) is 2.93. The number of nitrogens with zero attached hydrogens (tertiary/aromatic N) is 3. The first-order chi connectivity index (χ1) is 13.1. The van der Waals surface area contributed by atoms with Gasteiger partial charge in [0.1, 0.15) is 5.75 Å². The van der Waals surface area contributed by atoms with E-state index >= 15 is 0 Å². The molecule has 0 bridgehead atoms. The Labute approximate surface area is 160 Å². The molecule has 0 atom stereocenters. The van der Waals surface area contributed by atoms with E-state index in [-0.39, 0.29) is 11.8 Å². The molecular formula is C20H27N3O4. The number of hydrogen-bond acceptors (Lipinski definition) is 5. The van der Waals surface area contributed by atoms with Gasteiger partial charge >= 0.3 is 0 Å². The molecule has 1 fully saturated rings. The number of rotatable bonds is 9. The molecule has 1 aromatic carbocycles. The van der Waals surface area contributed by atoms with E-state index in [4.69, 9.17) is 14.7 Å². The molecule has 7 nitrogen and oxygen atoms in total. The lowest BCUT2D eigenvalue weighted by Crippen LogP contribution is -2.50. The van der Waals surface area contributed by atoms with Crippen molar-refractivity contribution in [3.63, 3.8) is 0 Å². The quantitative estimate of drug-likeness (QED) is 0.617. The van der Waals surface area contributed by atoms with Crippen LogP contribution in [0.5, 0.6) is 5.75 Å². The first-order valence-electron chi connectivity index (χ1n) is 9.31. The van der Waals surface area contributed by atoms with Crippen LogP contribution in [-0.4, -0.2) is 68.1 Å². The number of nitriles is 1. The Morgan fingerprint density at radius 1 is 1.04 bits per heavy atom. The van der Waals surface area contributed by atoms with Gasteiger partial charge in [-0.25, -0.2) is 0 Å². The standard InChI is InChI=1S/C20H27N3O4/c1-26-14-8-20(25)23-11-9-22(10-12-23)19(24)7-2-3-13-27-18-6-4-5-17(15-18)16-21/h4-6,15H,2-3,7-14H2,1H3. The third kappa shape index (κ3) is 6.91. The lowest BCUT2D eigenvalue weighted by atomic mass is 10.2. The molecule has 146 valence electrons. The largest absolute Gasteiger partial charge is 0.494 e. The van der Waals surface area contributed by atoms with Gasteiger partial charge in [-0.1, -0.05) is 6.07 Å². The van der Waals surface area contributed by atoms with Crippen LogP contribution in [0.4, 0.5) is 0 Å². The number of methoxy groups -OCH3 is 1. The number of ether oxygens (including phenoxy) is 2. The van der Waals surface area contributed by atoms with Crippen LogP contribution < -0.4 is 4.74 Å². The summed E-state index contributed by atoms with van der Waals surface area (Å²) in [6.07, 6.45) is 2.41. The number of unbranched alkanes of at least 4 members (excludes halogenated alkanes) is 1. The van der Waals surface area contributed by atoms with Crippen LogP contribution in [0.25, 0.3) is 0 Å². The van der Waals surface area contributed by atoms with E-state index in [1.165, 1.54) is 0 Å². The van der Waals surface area contributed by atoms with Crippen molar-refractivity contribution in [3.8, 4) is 11.8 Å². The van der Waals surface area contributed by atoms with Crippen molar-refractivity contribution < 1.29 is 19.1 Å². The summed E-state index contributed by atoms with van der Waals surface area (Å²) >= 11 is 0. The van der Waals surface area contributed by atoms with Crippen LogP contribution >= 0.6 is 0 Å². The summed E-state index contributed by atoms with van der Waals surface area (Å²) in [5.41, 5.74) is 0.572. The van der Waals surface area contributed by atoms with Crippen LogP contribution in [-0.2, 0) is 14.3 Å². The van der Waals surface area contributed by atoms with Gasteiger partial charge in [-0.3, -0.25) is 9.59 Å². The number of benzene rings is 1. The number of amides is 2. The van der Waals surface area contributed by atoms with E-state index in [9.17, 15) is 9.59 Å². The predicted octanol–water partition coefficient (Wildman–Crippen LogP) is 1.81. The molecule has 2 rings (SSSR count). The van der Waals surface area contributed by atoms with Crippen molar-refractivity contribution >= 4 is 11.8 Å². The van der Waals surface area contributed by atoms with Gasteiger partial charge in [0.2, 0.25) is 11.8 Å². The lowest BCUT2D eigenvalue weighted by Gasteiger charge is -2.35. The second-order valence-corrected chi connectivity index (χ2v) is 6.45. The van der Waals surface area contributed by atoms with Gasteiger partial charge in [-0.15, -0.1) is 0 Å². The Balaban J connectivity index is 1.60. The minimum atomic E-state index is 0.0848. The third-order valence-corrected chi connectivity index (χ3v) is 4.52. The minimum absolute atomic E-state index is 0.0848. The van der Waals surface area contributed by atoms with Gasteiger partial charge in [-0.2, -0.15) is 5.26 Å². The smallest absolute Gasteiger partial charge is 0.225 e. The molecule has 2 amide bonds. The molecule has 0 saturated carbocycles. The highest BCUT2D eigenvalue weighted by molar-refractivity contribution is 5.78. The van der Waals surface area contributed by atoms with Gasteiger partial charge in [0.15, 0.2) is 0 Å². The molecule has 0 spiro atoms. The summed E-state index contributed by atoms with van der Waals surface area (Å²) in [5, 5.41) is 8.87. The SMILES string of the molecule is COCCC(=O)N1CCN(C(=O)CCCCOc2cccc(C#N)c2)CC1. The molecule has 0 unspecified atom stereocenters. The Bertz CT molecular complexity index is 663. The van der Waals surface area contributed by atoms with Crippen molar-refractivity contribution in [2.75, 3.05) is 46.5 Å². The number of hydrogen-bond donors (Lipinski definition) is 0. The molecule has 27 heavy (non-hydrogen) atoms. The summed E-state index contributed by atoms with van der Waals surface area (Å²) < 4.78 is 10.5. The average molecular weight is 373 g/mol. The Hall–Kier alpha value is -2.59. The molecule has 0 aliphatic carbocycles. The second kappa shape index (κ2) is 11.2. The zero-order valence-corrected chi connectivity index (χ0v) is 15.9. The fourth-order valence-electron chi connectivity index (χ4n) is 2.93. The van der Waals surface area contributed by atoms with E-state index in [2.05, 4.69) is 6.07 Å². The maximum atomic E-state index is 12.3. The Morgan fingerprint density at radius 3 is 2.33 bits per heavy atom. The Kier molecular flexibility index (Phi) is 8.59. The van der Waals surface area contributed by atoms with Crippen LogP contribution in [0, 0.1) is 11.3 Å². The molecule has 1 aliphatic heterocycles. The zero-order chi connectivity index (χ0) is 19.5. The summed E-state index contributed by atoms with van der Waals surface area (Å²) in [4.78, 5) is 27.9. The van der Waals surface area contributed by atoms with Crippen LogP contribution in [0.15, 0.2) is 24.3 Å². The fraction of sp³-hybridized carbons (Fsp3) is 0.550. The Morgan fingerprint density at radius 2 is 1.70 bits per heavy atom. The van der Waals surface area contributed by atoms with Crippen molar-refractivity contribution in [1.82, 2.24) is 9.80 Å². The van der Waals surface area contributed by atoms with Crippen molar-refractivity contribution in [2.24, 2.45) is 0 Å².